The first-order valence-corrected chi connectivity index (χ1v) is 13.8. The van der Waals surface area contributed by atoms with E-state index in [0.29, 0.717) is 52.6 Å². The Hall–Kier alpha value is -4.55. The number of aryl methyl sites for hydroxylation is 1. The first-order chi connectivity index (χ1) is 20.1. The van der Waals surface area contributed by atoms with Gasteiger partial charge in [-0.15, -0.1) is 0 Å². The van der Waals surface area contributed by atoms with Gasteiger partial charge in [0.1, 0.15) is 17.9 Å². The minimum atomic E-state index is -2.08. The molecule has 2 N–H and O–H groups in total. The number of aromatic nitrogens is 4. The number of imidazole rings is 1. The maximum Gasteiger partial charge on any atom is 0.405 e. The molecular formula is C29H30F2N6O5. The van der Waals surface area contributed by atoms with Crippen LogP contribution >= 0.6 is 0 Å². The molecule has 2 amide bonds. The third-order valence-corrected chi connectivity index (χ3v) is 7.81. The van der Waals surface area contributed by atoms with E-state index in [1.54, 1.807) is 18.2 Å². The zero-order valence-corrected chi connectivity index (χ0v) is 23.1. The molecule has 220 valence electrons. The normalized spacial score (nSPS) is 16.5. The standard InChI is InChI=1S/C29H30F2N6O5/c1-15(38)25(31)42-23-5-3-4-17-10-22(37(24(17)23)13-16-6-7-16)27-34-21-11-19-20(33-26(21)35(27)2)8-9-36(28(19)39)14-18(12-30)32-29(40)41/h3-5,10-11,16,18,25,32H,6-9,12-14H2,1-2H3,(H,40,41)/t18-,25?/m1/s1. The highest BCUT2D eigenvalue weighted by atomic mass is 19.1. The summed E-state index contributed by atoms with van der Waals surface area (Å²) in [6.07, 6.45) is -0.864. The van der Waals surface area contributed by atoms with Gasteiger partial charge in [0.05, 0.1) is 28.5 Å². The molecule has 13 heteroatoms. The van der Waals surface area contributed by atoms with Gasteiger partial charge in [0, 0.05) is 45.4 Å². The Morgan fingerprint density at radius 1 is 1.24 bits per heavy atom. The maximum absolute atomic E-state index is 14.3. The Morgan fingerprint density at radius 2 is 2.02 bits per heavy atom. The first-order valence-electron chi connectivity index (χ1n) is 13.8. The maximum atomic E-state index is 14.3. The van der Waals surface area contributed by atoms with Crippen molar-refractivity contribution in [2.24, 2.45) is 13.0 Å². The van der Waals surface area contributed by atoms with E-state index in [4.69, 9.17) is 19.8 Å². The fourth-order valence-electron chi connectivity index (χ4n) is 5.53. The second kappa shape index (κ2) is 10.7. The predicted octanol–water partition coefficient (Wildman–Crippen LogP) is 3.87. The summed E-state index contributed by atoms with van der Waals surface area (Å²) >= 11 is 0. The molecule has 2 atom stereocenters. The molecule has 0 spiro atoms. The summed E-state index contributed by atoms with van der Waals surface area (Å²) in [6, 6.07) is 7.88. The van der Waals surface area contributed by atoms with Gasteiger partial charge in [0.2, 0.25) is 5.78 Å². The van der Waals surface area contributed by atoms with Crippen molar-refractivity contribution in [1.29, 1.82) is 0 Å². The van der Waals surface area contributed by atoms with E-state index in [1.165, 1.54) is 4.90 Å². The van der Waals surface area contributed by atoms with E-state index in [0.717, 1.165) is 30.8 Å². The van der Waals surface area contributed by atoms with Crippen LogP contribution in [0.15, 0.2) is 30.3 Å². The lowest BCUT2D eigenvalue weighted by atomic mass is 10.0. The highest BCUT2D eigenvalue weighted by Gasteiger charge is 2.31. The second-order valence-electron chi connectivity index (χ2n) is 10.9. The number of nitrogens with one attached hydrogen (secondary N) is 1. The molecule has 1 aliphatic carbocycles. The van der Waals surface area contributed by atoms with Crippen molar-refractivity contribution < 1.29 is 33.0 Å². The average molecular weight is 581 g/mol. The van der Waals surface area contributed by atoms with Crippen molar-refractivity contribution in [2.45, 2.75) is 45.1 Å². The molecule has 6 rings (SSSR count). The van der Waals surface area contributed by atoms with E-state index in [-0.39, 0.29) is 24.7 Å². The number of alkyl halides is 2. The van der Waals surface area contributed by atoms with E-state index >= 15 is 0 Å². The third kappa shape index (κ3) is 5.03. The van der Waals surface area contributed by atoms with Crippen LogP contribution in [0.5, 0.6) is 5.75 Å². The molecule has 1 fully saturated rings. The Labute approximate surface area is 239 Å². The lowest BCUT2D eigenvalue weighted by Gasteiger charge is -2.30. The van der Waals surface area contributed by atoms with E-state index < -0.39 is 31.0 Å². The molecular weight excluding hydrogens is 550 g/mol. The number of hydrogen-bond donors (Lipinski definition) is 2. The minimum Gasteiger partial charge on any atom is -0.465 e. The number of pyridine rings is 1. The highest BCUT2D eigenvalue weighted by molar-refractivity contribution is 5.99. The monoisotopic (exact) mass is 580 g/mol. The summed E-state index contributed by atoms with van der Waals surface area (Å²) in [7, 11) is 1.84. The molecule has 1 aromatic carbocycles. The summed E-state index contributed by atoms with van der Waals surface area (Å²) < 4.78 is 37.1. The number of benzene rings is 1. The Morgan fingerprint density at radius 3 is 2.71 bits per heavy atom. The number of nitrogens with zero attached hydrogens (tertiary/aromatic N) is 5. The number of fused-ring (bicyclic) bond motifs is 3. The topological polar surface area (TPSA) is 132 Å². The first kappa shape index (κ1) is 27.6. The van der Waals surface area contributed by atoms with Crippen LogP contribution < -0.4 is 10.1 Å². The van der Waals surface area contributed by atoms with Crippen LogP contribution in [0.2, 0.25) is 0 Å². The van der Waals surface area contributed by atoms with Crippen molar-refractivity contribution in [2.75, 3.05) is 19.8 Å². The quantitative estimate of drug-likeness (QED) is 0.291. The number of hydrogen-bond acceptors (Lipinski definition) is 6. The van der Waals surface area contributed by atoms with Gasteiger partial charge in [-0.05, 0) is 37.0 Å². The largest absolute Gasteiger partial charge is 0.465 e. The molecule has 42 heavy (non-hydrogen) atoms. The minimum absolute atomic E-state index is 0.0956. The van der Waals surface area contributed by atoms with Crippen molar-refractivity contribution in [3.05, 3.63) is 41.6 Å². The van der Waals surface area contributed by atoms with Gasteiger partial charge in [0.15, 0.2) is 11.5 Å². The van der Waals surface area contributed by atoms with E-state index in [9.17, 15) is 23.2 Å². The number of carboxylic acid groups (broad SMARTS) is 1. The summed E-state index contributed by atoms with van der Waals surface area (Å²) in [5.74, 6) is 0.236. The Kier molecular flexibility index (Phi) is 7.03. The van der Waals surface area contributed by atoms with Gasteiger partial charge < -0.3 is 29.2 Å². The number of carbonyl (C=O) groups excluding carboxylic acids is 2. The molecule has 0 bridgehead atoms. The number of ketones is 1. The molecule has 3 aromatic heterocycles. The highest BCUT2D eigenvalue weighted by Crippen LogP contribution is 2.39. The summed E-state index contributed by atoms with van der Waals surface area (Å²) in [5, 5.41) is 11.9. The average Bonchev–Trinajstić information content (AvgIpc) is 3.62. The van der Waals surface area contributed by atoms with Gasteiger partial charge in [-0.25, -0.2) is 19.2 Å². The summed E-state index contributed by atoms with van der Waals surface area (Å²) in [6.45, 7) is 1.05. The molecule has 1 saturated carbocycles. The lowest BCUT2D eigenvalue weighted by Crippen LogP contribution is -2.48. The van der Waals surface area contributed by atoms with Crippen LogP contribution in [0.1, 0.15) is 35.8 Å². The lowest BCUT2D eigenvalue weighted by molar-refractivity contribution is -0.130. The molecule has 0 radical (unpaired) electrons. The molecule has 2 aliphatic rings. The molecule has 0 saturated heterocycles. The summed E-state index contributed by atoms with van der Waals surface area (Å²) in [4.78, 5) is 46.9. The number of rotatable bonds is 10. The molecule has 11 nitrogen and oxygen atoms in total. The number of carbonyl (C=O) groups is 3. The summed E-state index contributed by atoms with van der Waals surface area (Å²) in [5.41, 5.74) is 3.45. The van der Waals surface area contributed by atoms with Crippen LogP contribution in [0.4, 0.5) is 13.6 Å². The van der Waals surface area contributed by atoms with Crippen molar-refractivity contribution in [3.63, 3.8) is 0 Å². The smallest absolute Gasteiger partial charge is 0.405 e. The molecule has 1 unspecified atom stereocenters. The second-order valence-corrected chi connectivity index (χ2v) is 10.9. The fraction of sp³-hybridized carbons (Fsp3) is 0.414. The van der Waals surface area contributed by atoms with Crippen molar-refractivity contribution in [1.82, 2.24) is 29.3 Å². The fourth-order valence-corrected chi connectivity index (χ4v) is 5.53. The number of amides is 2. The Bertz CT molecular complexity index is 1730. The van der Waals surface area contributed by atoms with E-state index in [2.05, 4.69) is 9.88 Å². The number of para-hydroxylation sites is 1. The van der Waals surface area contributed by atoms with Crippen LogP contribution in [0.25, 0.3) is 33.6 Å². The number of Topliss-reactive ketones (excluding diaryl/α,β-unsaturated/α-hetero) is 1. The Balaban J connectivity index is 1.40. The van der Waals surface area contributed by atoms with Gasteiger partial charge in [-0.2, -0.15) is 4.39 Å². The number of ether oxygens (including phenoxy) is 1. The van der Waals surface area contributed by atoms with Crippen LogP contribution in [0.3, 0.4) is 0 Å². The van der Waals surface area contributed by atoms with Gasteiger partial charge >= 0.3 is 6.09 Å². The van der Waals surface area contributed by atoms with Crippen LogP contribution in [0, 0.1) is 5.92 Å². The number of halogens is 2. The SMILES string of the molecule is CC(=O)C(F)Oc1cccc2cc(-c3nc4cc5c(nc4n3C)CCN(C[C@@H](CF)NC(=O)O)C5=O)n(CC3CC3)c12. The van der Waals surface area contributed by atoms with Gasteiger partial charge in [0.25, 0.3) is 12.3 Å². The molecule has 1 aliphatic heterocycles. The third-order valence-electron chi connectivity index (χ3n) is 7.81. The van der Waals surface area contributed by atoms with Gasteiger partial charge in [-0.3, -0.25) is 9.59 Å². The van der Waals surface area contributed by atoms with E-state index in [1.807, 2.05) is 23.7 Å². The van der Waals surface area contributed by atoms with Crippen LogP contribution in [-0.2, 0) is 24.8 Å². The molecule has 4 heterocycles. The zero-order valence-electron chi connectivity index (χ0n) is 23.1. The predicted molar refractivity (Wildman–Crippen MR) is 149 cm³/mol. The van der Waals surface area contributed by atoms with Crippen LogP contribution in [-0.4, -0.2) is 79.1 Å². The van der Waals surface area contributed by atoms with Crippen molar-refractivity contribution >= 4 is 39.9 Å². The zero-order chi connectivity index (χ0) is 29.7. The van der Waals surface area contributed by atoms with Gasteiger partial charge in [-0.1, -0.05) is 12.1 Å². The van der Waals surface area contributed by atoms with Crippen molar-refractivity contribution in [3.8, 4) is 17.3 Å². The molecule has 4 aromatic rings.